The topological polar surface area (TPSA) is 98.4 Å². The number of rotatable bonds is 8. The van der Waals surface area contributed by atoms with E-state index >= 15 is 0 Å². The molecule has 158 valence electrons. The summed E-state index contributed by atoms with van der Waals surface area (Å²) in [4.78, 5) is 7.84. The quantitative estimate of drug-likeness (QED) is 0.244. The molecule has 0 aliphatic rings. The second-order valence-corrected chi connectivity index (χ2v) is 9.24. The van der Waals surface area contributed by atoms with E-state index in [4.69, 9.17) is 0 Å². The molecule has 1 heterocycles. The molecule has 0 unspecified atom stereocenters. The Balaban J connectivity index is 0.00000392. The summed E-state index contributed by atoms with van der Waals surface area (Å²) in [5.74, 6) is 0.677. The number of aromatic amines is 1. The molecule has 0 fully saturated rings. The molecule has 0 radical (unpaired) electrons. The molecule has 0 atom stereocenters. The van der Waals surface area contributed by atoms with Crippen LogP contribution in [0, 0.1) is 6.92 Å². The van der Waals surface area contributed by atoms with Gasteiger partial charge in [0.15, 0.2) is 5.96 Å². The zero-order chi connectivity index (χ0) is 20.1. The molecule has 0 saturated heterocycles. The second-order valence-electron chi connectivity index (χ2n) is 7.49. The van der Waals surface area contributed by atoms with Gasteiger partial charge in [-0.3, -0.25) is 4.99 Å². The van der Waals surface area contributed by atoms with Crippen molar-refractivity contribution in [2.24, 2.45) is 4.99 Å². The Kier molecular flexibility index (Phi) is 9.22. The van der Waals surface area contributed by atoms with E-state index in [9.17, 15) is 8.42 Å². The van der Waals surface area contributed by atoms with Crippen LogP contribution < -0.4 is 15.4 Å². The number of benzene rings is 1. The molecular formula is C19H32IN5O2S. The molecule has 0 spiro atoms. The Morgan fingerprint density at radius 1 is 1.25 bits per heavy atom. The number of guanidine groups is 1. The first kappa shape index (κ1) is 24.7. The highest BCUT2D eigenvalue weighted by molar-refractivity contribution is 14.0. The first-order valence-corrected chi connectivity index (χ1v) is 11.1. The molecule has 2 rings (SSSR count). The third kappa shape index (κ3) is 7.96. The molecule has 7 nitrogen and oxygen atoms in total. The van der Waals surface area contributed by atoms with Crippen LogP contribution in [-0.2, 0) is 16.4 Å². The number of H-pyrrole nitrogens is 1. The summed E-state index contributed by atoms with van der Waals surface area (Å²) in [5, 5.41) is 7.75. The van der Waals surface area contributed by atoms with Crippen LogP contribution >= 0.6 is 24.0 Å². The third-order valence-electron chi connectivity index (χ3n) is 4.05. The number of hydrogen-bond acceptors (Lipinski definition) is 3. The highest BCUT2D eigenvalue weighted by atomic mass is 127. The minimum Gasteiger partial charge on any atom is -0.361 e. The lowest BCUT2D eigenvalue weighted by Crippen LogP contribution is -2.47. The van der Waals surface area contributed by atoms with E-state index in [2.05, 4.69) is 56.7 Å². The molecule has 28 heavy (non-hydrogen) atoms. The first-order valence-electron chi connectivity index (χ1n) is 9.17. The summed E-state index contributed by atoms with van der Waals surface area (Å²) in [5.41, 5.74) is 3.00. The van der Waals surface area contributed by atoms with E-state index < -0.39 is 15.6 Å². The number of nitrogens with zero attached hydrogens (tertiary/aromatic N) is 1. The van der Waals surface area contributed by atoms with Gasteiger partial charge in [0, 0.05) is 35.7 Å². The van der Waals surface area contributed by atoms with E-state index in [1.165, 1.54) is 16.5 Å². The molecule has 1 aromatic carbocycles. The number of sulfonamides is 1. The highest BCUT2D eigenvalue weighted by Gasteiger charge is 2.21. The molecule has 0 amide bonds. The van der Waals surface area contributed by atoms with Gasteiger partial charge in [-0.25, -0.2) is 13.1 Å². The average Bonchev–Trinajstić information content (AvgIpc) is 2.92. The summed E-state index contributed by atoms with van der Waals surface area (Å²) in [7, 11) is -3.28. The molecular weight excluding hydrogens is 489 g/mol. The van der Waals surface area contributed by atoms with Crippen molar-refractivity contribution in [3.8, 4) is 0 Å². The van der Waals surface area contributed by atoms with Crippen LogP contribution in [0.2, 0.25) is 0 Å². The van der Waals surface area contributed by atoms with Crippen molar-refractivity contribution < 1.29 is 8.42 Å². The SMILES string of the molecule is CCNC(=NCC(C)(C)NS(C)(=O)=O)NCCc1c[nH]c2cc(C)ccc12.I. The van der Waals surface area contributed by atoms with Gasteiger partial charge in [0.2, 0.25) is 10.0 Å². The lowest BCUT2D eigenvalue weighted by molar-refractivity contribution is 0.464. The van der Waals surface area contributed by atoms with Crippen LogP contribution in [0.3, 0.4) is 0 Å². The smallest absolute Gasteiger partial charge is 0.209 e. The van der Waals surface area contributed by atoms with Crippen LogP contribution in [-0.4, -0.2) is 50.8 Å². The molecule has 0 saturated carbocycles. The van der Waals surface area contributed by atoms with Crippen LogP contribution in [0.15, 0.2) is 29.4 Å². The molecule has 0 aliphatic heterocycles. The maximum atomic E-state index is 11.5. The van der Waals surface area contributed by atoms with Gasteiger partial charge in [-0.2, -0.15) is 0 Å². The number of aliphatic imine (C=N–C) groups is 1. The van der Waals surface area contributed by atoms with Crippen molar-refractivity contribution in [1.29, 1.82) is 0 Å². The van der Waals surface area contributed by atoms with Gasteiger partial charge in [-0.1, -0.05) is 12.1 Å². The predicted molar refractivity (Wildman–Crippen MR) is 128 cm³/mol. The molecule has 9 heteroatoms. The Labute approximate surface area is 185 Å². The third-order valence-corrected chi connectivity index (χ3v) is 4.97. The fraction of sp³-hybridized carbons (Fsp3) is 0.526. The number of fused-ring (bicyclic) bond motifs is 1. The van der Waals surface area contributed by atoms with Crippen LogP contribution in [0.1, 0.15) is 31.9 Å². The number of nitrogens with one attached hydrogen (secondary N) is 4. The Bertz CT molecular complexity index is 906. The Morgan fingerprint density at radius 3 is 2.61 bits per heavy atom. The van der Waals surface area contributed by atoms with E-state index in [0.29, 0.717) is 12.5 Å². The normalized spacial score (nSPS) is 12.7. The number of hydrogen-bond donors (Lipinski definition) is 4. The zero-order valence-corrected chi connectivity index (χ0v) is 20.4. The van der Waals surface area contributed by atoms with Gasteiger partial charge < -0.3 is 15.6 Å². The van der Waals surface area contributed by atoms with Crippen LogP contribution in [0.4, 0.5) is 0 Å². The van der Waals surface area contributed by atoms with Crippen molar-refractivity contribution in [3.63, 3.8) is 0 Å². The van der Waals surface area contributed by atoms with Gasteiger partial charge in [0.05, 0.1) is 12.8 Å². The maximum absolute atomic E-state index is 11.5. The number of halogens is 1. The van der Waals surface area contributed by atoms with Crippen molar-refractivity contribution in [1.82, 2.24) is 20.3 Å². The fourth-order valence-corrected chi connectivity index (χ4v) is 4.04. The maximum Gasteiger partial charge on any atom is 0.209 e. The predicted octanol–water partition coefficient (Wildman–Crippen LogP) is 2.52. The van der Waals surface area contributed by atoms with Crippen molar-refractivity contribution >= 4 is 50.9 Å². The molecule has 1 aromatic heterocycles. The van der Waals surface area contributed by atoms with E-state index in [1.807, 2.05) is 20.8 Å². The summed E-state index contributed by atoms with van der Waals surface area (Å²) in [6.07, 6.45) is 4.07. The minimum absolute atomic E-state index is 0. The van der Waals surface area contributed by atoms with Gasteiger partial charge >= 0.3 is 0 Å². The Morgan fingerprint density at radius 2 is 1.96 bits per heavy atom. The standard InChI is InChI=1S/C19H31N5O2S.HI/c1-6-20-18(23-13-19(3,4)24-27(5,25)26)21-10-9-15-12-22-17-11-14(2)7-8-16(15)17;/h7-8,11-12,22,24H,6,9-10,13H2,1-5H3,(H2,20,21,23);1H. The van der Waals surface area contributed by atoms with Gasteiger partial charge in [0.25, 0.3) is 0 Å². The van der Waals surface area contributed by atoms with Crippen LogP contribution in [0.25, 0.3) is 10.9 Å². The average molecular weight is 521 g/mol. The van der Waals surface area contributed by atoms with E-state index in [0.717, 1.165) is 31.3 Å². The summed E-state index contributed by atoms with van der Waals surface area (Å²) >= 11 is 0. The molecule has 2 aromatic rings. The van der Waals surface area contributed by atoms with E-state index in [-0.39, 0.29) is 24.0 Å². The van der Waals surface area contributed by atoms with Gasteiger partial charge in [0.1, 0.15) is 0 Å². The Hall–Kier alpha value is -1.33. The number of aryl methyl sites for hydroxylation is 1. The molecule has 0 bridgehead atoms. The number of aromatic nitrogens is 1. The largest absolute Gasteiger partial charge is 0.361 e. The lowest BCUT2D eigenvalue weighted by atomic mass is 10.1. The van der Waals surface area contributed by atoms with Crippen molar-refractivity contribution in [2.45, 2.75) is 39.7 Å². The highest BCUT2D eigenvalue weighted by Crippen LogP contribution is 2.19. The molecule has 4 N–H and O–H groups in total. The minimum atomic E-state index is -3.28. The van der Waals surface area contributed by atoms with E-state index in [1.54, 1.807) is 0 Å². The van der Waals surface area contributed by atoms with Gasteiger partial charge in [-0.05, 0) is 51.3 Å². The zero-order valence-electron chi connectivity index (χ0n) is 17.2. The summed E-state index contributed by atoms with van der Waals surface area (Å²) in [6, 6.07) is 6.42. The van der Waals surface area contributed by atoms with Crippen molar-refractivity contribution in [2.75, 3.05) is 25.9 Å². The second kappa shape index (κ2) is 10.4. The monoisotopic (exact) mass is 521 g/mol. The first-order chi connectivity index (χ1) is 12.6. The lowest BCUT2D eigenvalue weighted by Gasteiger charge is -2.23. The van der Waals surface area contributed by atoms with Gasteiger partial charge in [-0.15, -0.1) is 24.0 Å². The summed E-state index contributed by atoms with van der Waals surface area (Å²) in [6.45, 7) is 9.51. The van der Waals surface area contributed by atoms with Crippen LogP contribution in [0.5, 0.6) is 0 Å². The summed E-state index contributed by atoms with van der Waals surface area (Å²) < 4.78 is 25.5. The molecule has 0 aliphatic carbocycles. The fourth-order valence-electron chi connectivity index (χ4n) is 2.98. The van der Waals surface area contributed by atoms with Crippen molar-refractivity contribution in [3.05, 3.63) is 35.5 Å².